The van der Waals surface area contributed by atoms with Crippen LogP contribution < -0.4 is 5.32 Å². The number of aromatic nitrogens is 1. The van der Waals surface area contributed by atoms with Crippen LogP contribution in [0.3, 0.4) is 0 Å². The van der Waals surface area contributed by atoms with Gasteiger partial charge in [0.15, 0.2) is 5.78 Å². The van der Waals surface area contributed by atoms with E-state index < -0.39 is 17.6 Å². The maximum absolute atomic E-state index is 12.3. The van der Waals surface area contributed by atoms with E-state index in [1.807, 2.05) is 36.5 Å². The summed E-state index contributed by atoms with van der Waals surface area (Å²) in [6, 6.07) is 20.1. The molecule has 1 fully saturated rings. The molecule has 2 amide bonds. The van der Waals surface area contributed by atoms with Crippen molar-refractivity contribution in [1.29, 1.82) is 0 Å². The van der Waals surface area contributed by atoms with Crippen molar-refractivity contribution in [2.75, 3.05) is 0 Å². The fraction of sp³-hybridized carbons (Fsp3) is 0.0800. The third-order valence-electron chi connectivity index (χ3n) is 5.46. The number of carbonyl (C=O) groups is 3. The van der Waals surface area contributed by atoms with E-state index in [0.717, 1.165) is 21.9 Å². The second-order valence-corrected chi connectivity index (χ2v) is 8.03. The standard InChI is InChI=1S/C25H17ClN2O3/c26-19-7-8-22-20(11-19)18(10-21-23(29)12-24(30)27-25(21)31)14-28(22)13-15-5-6-16-3-1-2-4-17(16)9-15/h1-11,14H,12-13H2,(H,27,30,31)/b21-10-. The second kappa shape index (κ2) is 7.52. The van der Waals surface area contributed by atoms with E-state index in [2.05, 4.69) is 40.2 Å². The molecular formula is C25H17ClN2O3. The van der Waals surface area contributed by atoms with E-state index in [4.69, 9.17) is 11.6 Å². The van der Waals surface area contributed by atoms with Crippen molar-refractivity contribution in [3.8, 4) is 0 Å². The Balaban J connectivity index is 1.59. The molecule has 0 aliphatic carbocycles. The Labute approximate surface area is 182 Å². The van der Waals surface area contributed by atoms with Crippen molar-refractivity contribution >= 4 is 56.9 Å². The lowest BCUT2D eigenvalue weighted by Gasteiger charge is -2.12. The molecule has 1 aliphatic heterocycles. The van der Waals surface area contributed by atoms with Gasteiger partial charge < -0.3 is 4.57 Å². The smallest absolute Gasteiger partial charge is 0.261 e. The number of nitrogens with one attached hydrogen (secondary N) is 1. The molecule has 6 heteroatoms. The number of halogens is 1. The average molecular weight is 429 g/mol. The molecule has 0 spiro atoms. The van der Waals surface area contributed by atoms with Gasteiger partial charge in [-0.3, -0.25) is 19.7 Å². The minimum absolute atomic E-state index is 0.0238. The second-order valence-electron chi connectivity index (χ2n) is 7.59. The van der Waals surface area contributed by atoms with Crippen molar-refractivity contribution in [2.24, 2.45) is 0 Å². The van der Waals surface area contributed by atoms with Gasteiger partial charge in [-0.2, -0.15) is 0 Å². The van der Waals surface area contributed by atoms with Gasteiger partial charge in [0.05, 0.1) is 12.0 Å². The van der Waals surface area contributed by atoms with Crippen LogP contribution in [0.4, 0.5) is 0 Å². The number of Topliss-reactive ketones (excluding diaryl/α,β-unsaturated/α-hetero) is 1. The van der Waals surface area contributed by atoms with Gasteiger partial charge in [0.2, 0.25) is 5.91 Å². The Morgan fingerprint density at radius 2 is 1.77 bits per heavy atom. The molecule has 0 atom stereocenters. The number of ketones is 1. The number of imide groups is 1. The van der Waals surface area contributed by atoms with Crippen molar-refractivity contribution in [1.82, 2.24) is 9.88 Å². The van der Waals surface area contributed by atoms with E-state index in [0.29, 0.717) is 17.1 Å². The molecule has 152 valence electrons. The summed E-state index contributed by atoms with van der Waals surface area (Å²) < 4.78 is 2.07. The predicted octanol–water partition coefficient (Wildman–Crippen LogP) is 4.50. The molecule has 2 heterocycles. The van der Waals surface area contributed by atoms with Crippen LogP contribution in [0.1, 0.15) is 17.5 Å². The summed E-state index contributed by atoms with van der Waals surface area (Å²) in [4.78, 5) is 35.9. The van der Waals surface area contributed by atoms with E-state index in [1.54, 1.807) is 6.08 Å². The van der Waals surface area contributed by atoms with Gasteiger partial charge in [0.25, 0.3) is 5.91 Å². The highest BCUT2D eigenvalue weighted by Crippen LogP contribution is 2.28. The highest BCUT2D eigenvalue weighted by molar-refractivity contribution is 6.33. The monoisotopic (exact) mass is 428 g/mol. The van der Waals surface area contributed by atoms with E-state index >= 15 is 0 Å². The fourth-order valence-corrected chi connectivity index (χ4v) is 4.16. The minimum Gasteiger partial charge on any atom is -0.342 e. The van der Waals surface area contributed by atoms with Crippen LogP contribution in [0, 0.1) is 0 Å². The number of carbonyl (C=O) groups excluding carboxylic acids is 3. The Kier molecular flexibility index (Phi) is 4.68. The average Bonchev–Trinajstić information content (AvgIpc) is 3.07. The largest absolute Gasteiger partial charge is 0.342 e. The number of fused-ring (bicyclic) bond motifs is 2. The first-order chi connectivity index (χ1) is 15.0. The van der Waals surface area contributed by atoms with Crippen molar-refractivity contribution < 1.29 is 14.4 Å². The number of hydrogen-bond acceptors (Lipinski definition) is 3. The molecule has 0 bridgehead atoms. The SMILES string of the molecule is O=C1CC(=O)/C(=C/c2cn(Cc3ccc4ccccc4c3)c3ccc(Cl)cc23)C(=O)N1. The number of rotatable bonds is 3. The van der Waals surface area contributed by atoms with Gasteiger partial charge in [-0.05, 0) is 46.7 Å². The Morgan fingerprint density at radius 1 is 0.968 bits per heavy atom. The van der Waals surface area contributed by atoms with Crippen molar-refractivity contribution in [2.45, 2.75) is 13.0 Å². The van der Waals surface area contributed by atoms with Crippen LogP contribution >= 0.6 is 11.6 Å². The quantitative estimate of drug-likeness (QED) is 0.226. The van der Waals surface area contributed by atoms with Gasteiger partial charge in [-0.25, -0.2) is 0 Å². The summed E-state index contributed by atoms with van der Waals surface area (Å²) in [5, 5.41) is 5.94. The van der Waals surface area contributed by atoms with Gasteiger partial charge in [-0.1, -0.05) is 48.0 Å². The van der Waals surface area contributed by atoms with Gasteiger partial charge >= 0.3 is 0 Å². The van der Waals surface area contributed by atoms with Crippen LogP contribution in [0.25, 0.3) is 27.8 Å². The van der Waals surface area contributed by atoms with E-state index in [9.17, 15) is 14.4 Å². The zero-order valence-electron chi connectivity index (χ0n) is 16.4. The first-order valence-corrected chi connectivity index (χ1v) is 10.2. The van der Waals surface area contributed by atoms with Crippen LogP contribution in [-0.2, 0) is 20.9 Å². The summed E-state index contributed by atoms with van der Waals surface area (Å²) in [5.41, 5.74) is 2.74. The topological polar surface area (TPSA) is 68.2 Å². The van der Waals surface area contributed by atoms with E-state index in [-0.39, 0.29) is 12.0 Å². The molecule has 5 rings (SSSR count). The lowest BCUT2D eigenvalue weighted by atomic mass is 10.0. The number of benzene rings is 3. The molecule has 0 saturated carbocycles. The molecule has 1 saturated heterocycles. The summed E-state index contributed by atoms with van der Waals surface area (Å²) in [5.74, 6) is -1.72. The predicted molar refractivity (Wildman–Crippen MR) is 121 cm³/mol. The summed E-state index contributed by atoms with van der Waals surface area (Å²) in [6.07, 6.45) is 3.12. The third kappa shape index (κ3) is 3.64. The zero-order valence-corrected chi connectivity index (χ0v) is 17.1. The Morgan fingerprint density at radius 3 is 2.58 bits per heavy atom. The number of nitrogens with zero attached hydrogens (tertiary/aromatic N) is 1. The summed E-state index contributed by atoms with van der Waals surface area (Å²) >= 11 is 6.22. The first kappa shape index (κ1) is 19.3. The van der Waals surface area contributed by atoms with Gasteiger partial charge in [0, 0.05) is 34.2 Å². The molecule has 0 radical (unpaired) electrons. The molecule has 31 heavy (non-hydrogen) atoms. The summed E-state index contributed by atoms with van der Waals surface area (Å²) in [6.45, 7) is 0.616. The molecule has 5 nitrogen and oxygen atoms in total. The molecule has 0 unspecified atom stereocenters. The van der Waals surface area contributed by atoms with Crippen LogP contribution in [0.2, 0.25) is 5.02 Å². The molecular weight excluding hydrogens is 412 g/mol. The Bertz CT molecular complexity index is 1410. The number of hydrogen-bond donors (Lipinski definition) is 1. The summed E-state index contributed by atoms with van der Waals surface area (Å²) in [7, 11) is 0. The first-order valence-electron chi connectivity index (χ1n) is 9.83. The van der Waals surface area contributed by atoms with Gasteiger partial charge in [0.1, 0.15) is 0 Å². The van der Waals surface area contributed by atoms with Crippen molar-refractivity contribution in [3.63, 3.8) is 0 Å². The lowest BCUT2D eigenvalue weighted by Crippen LogP contribution is -2.40. The molecule has 1 N–H and O–H groups in total. The van der Waals surface area contributed by atoms with Crippen molar-refractivity contribution in [3.05, 3.63) is 88.6 Å². The third-order valence-corrected chi connectivity index (χ3v) is 5.69. The van der Waals surface area contributed by atoms with E-state index in [1.165, 1.54) is 5.39 Å². The van der Waals surface area contributed by atoms with Crippen LogP contribution in [0.5, 0.6) is 0 Å². The number of piperidine rings is 1. The van der Waals surface area contributed by atoms with Gasteiger partial charge in [-0.15, -0.1) is 0 Å². The maximum Gasteiger partial charge on any atom is 0.261 e. The molecule has 1 aromatic heterocycles. The fourth-order valence-electron chi connectivity index (χ4n) is 3.98. The normalized spacial score (nSPS) is 15.8. The van der Waals surface area contributed by atoms with Crippen LogP contribution in [-0.4, -0.2) is 22.2 Å². The number of amides is 2. The lowest BCUT2D eigenvalue weighted by molar-refractivity contribution is -0.134. The minimum atomic E-state index is -0.668. The molecule has 1 aliphatic rings. The zero-order chi connectivity index (χ0) is 21.5. The molecule has 3 aromatic carbocycles. The molecule has 4 aromatic rings. The Hall–Kier alpha value is -3.70. The highest BCUT2D eigenvalue weighted by Gasteiger charge is 2.28. The maximum atomic E-state index is 12.3. The highest BCUT2D eigenvalue weighted by atomic mass is 35.5. The van der Waals surface area contributed by atoms with Crippen LogP contribution in [0.15, 0.2) is 72.4 Å².